The van der Waals surface area contributed by atoms with Gasteiger partial charge in [0.25, 0.3) is 0 Å². The minimum Gasteiger partial charge on any atom is -0.303 e. The van der Waals surface area contributed by atoms with Gasteiger partial charge in [-0.2, -0.15) is 0 Å². The minimum absolute atomic E-state index is 1.36. The lowest BCUT2D eigenvalue weighted by Gasteiger charge is -2.19. The van der Waals surface area contributed by atoms with Crippen LogP contribution < -0.4 is 0 Å². The third kappa shape index (κ3) is 5.30. The smallest absolute Gasteiger partial charge is 0.00187 e. The number of nitrogens with zero attached hydrogens (tertiary/aromatic N) is 1. The maximum Gasteiger partial charge on any atom is -0.00187 e. The summed E-state index contributed by atoms with van der Waals surface area (Å²) in [5.41, 5.74) is 0. The van der Waals surface area contributed by atoms with Crippen molar-refractivity contribution < 1.29 is 0 Å². The van der Waals surface area contributed by atoms with Crippen LogP contribution >= 0.6 is 0 Å². The van der Waals surface area contributed by atoms with Crippen LogP contribution in [-0.4, -0.2) is 24.5 Å². The summed E-state index contributed by atoms with van der Waals surface area (Å²) in [4.78, 5) is 2.67. The molecule has 0 aliphatic carbocycles. The number of hydrogen-bond acceptors (Lipinski definition) is 1. The van der Waals surface area contributed by atoms with Crippen LogP contribution in [0.25, 0.3) is 0 Å². The molecule has 0 amide bonds. The molecule has 0 saturated carbocycles. The highest BCUT2D eigenvalue weighted by Crippen LogP contribution is 2.10. The van der Waals surface area contributed by atoms with Gasteiger partial charge in [-0.25, -0.2) is 0 Å². The van der Waals surface area contributed by atoms with Crippen LogP contribution in [0.15, 0.2) is 0 Å². The Morgan fingerprint density at radius 1 is 0.846 bits per heavy atom. The molecule has 13 heavy (non-hydrogen) atoms. The Balaban J connectivity index is 1.98. The van der Waals surface area contributed by atoms with E-state index < -0.39 is 0 Å². The summed E-state index contributed by atoms with van der Waals surface area (Å²) in [6, 6.07) is 0. The quantitative estimate of drug-likeness (QED) is 0.590. The van der Waals surface area contributed by atoms with E-state index in [0.29, 0.717) is 0 Å². The van der Waals surface area contributed by atoms with Crippen molar-refractivity contribution in [3.8, 4) is 0 Å². The largest absolute Gasteiger partial charge is 0.303 e. The monoisotopic (exact) mass is 183 g/mol. The molecule has 1 saturated heterocycles. The summed E-state index contributed by atoms with van der Waals surface area (Å²) in [6.45, 7) is 6.38. The molecule has 1 nitrogen and oxygen atoms in total. The van der Waals surface area contributed by atoms with E-state index in [4.69, 9.17) is 0 Å². The lowest BCUT2D eigenvalue weighted by atomic mass is 10.2. The van der Waals surface area contributed by atoms with Gasteiger partial charge in [-0.05, 0) is 38.9 Å². The Labute approximate surface area is 83.5 Å². The van der Waals surface area contributed by atoms with Gasteiger partial charge in [0.2, 0.25) is 0 Å². The highest BCUT2D eigenvalue weighted by molar-refractivity contribution is 4.62. The highest BCUT2D eigenvalue weighted by Gasteiger charge is 2.07. The van der Waals surface area contributed by atoms with Crippen molar-refractivity contribution in [1.29, 1.82) is 0 Å². The molecule has 0 spiro atoms. The summed E-state index contributed by atoms with van der Waals surface area (Å²) >= 11 is 0. The van der Waals surface area contributed by atoms with Crippen LogP contribution in [0.4, 0.5) is 0 Å². The first-order valence-electron chi connectivity index (χ1n) is 6.16. The summed E-state index contributed by atoms with van der Waals surface area (Å²) in [5, 5.41) is 0. The molecule has 1 aliphatic rings. The molecule has 0 aromatic carbocycles. The number of likely N-dealkylation sites (tertiary alicyclic amines) is 1. The van der Waals surface area contributed by atoms with Crippen molar-refractivity contribution in [1.82, 2.24) is 4.90 Å². The zero-order valence-corrected chi connectivity index (χ0v) is 9.23. The number of unbranched alkanes of at least 4 members (excludes halogenated alkanes) is 3. The SMILES string of the molecule is CCCCCCN1CCCCCC1. The first kappa shape index (κ1) is 11.0. The maximum atomic E-state index is 2.67. The standard InChI is InChI=1S/C12H25N/c1-2-3-4-7-10-13-11-8-5-6-9-12-13/h2-12H2,1H3. The molecule has 1 rings (SSSR count). The van der Waals surface area contributed by atoms with Crippen LogP contribution in [0.5, 0.6) is 0 Å². The Bertz CT molecular complexity index is 104. The summed E-state index contributed by atoms with van der Waals surface area (Å²) in [5.74, 6) is 0. The van der Waals surface area contributed by atoms with E-state index in [9.17, 15) is 0 Å². The van der Waals surface area contributed by atoms with E-state index in [2.05, 4.69) is 11.8 Å². The van der Waals surface area contributed by atoms with Crippen molar-refractivity contribution in [3.05, 3.63) is 0 Å². The van der Waals surface area contributed by atoms with Gasteiger partial charge in [0, 0.05) is 0 Å². The summed E-state index contributed by atoms with van der Waals surface area (Å²) in [7, 11) is 0. The first-order chi connectivity index (χ1) is 6.43. The van der Waals surface area contributed by atoms with E-state index in [-0.39, 0.29) is 0 Å². The Morgan fingerprint density at radius 3 is 2.15 bits per heavy atom. The Morgan fingerprint density at radius 2 is 1.54 bits per heavy atom. The van der Waals surface area contributed by atoms with Gasteiger partial charge in [0.05, 0.1) is 0 Å². The average Bonchev–Trinajstić information content (AvgIpc) is 2.41. The van der Waals surface area contributed by atoms with Crippen LogP contribution in [0.3, 0.4) is 0 Å². The molecule has 0 aromatic rings. The molecule has 78 valence electrons. The average molecular weight is 183 g/mol. The molecule has 1 aliphatic heterocycles. The van der Waals surface area contributed by atoms with E-state index >= 15 is 0 Å². The second-order valence-electron chi connectivity index (χ2n) is 4.32. The third-order valence-electron chi connectivity index (χ3n) is 3.03. The van der Waals surface area contributed by atoms with Crippen molar-refractivity contribution in [3.63, 3.8) is 0 Å². The van der Waals surface area contributed by atoms with Gasteiger partial charge in [-0.3, -0.25) is 0 Å². The van der Waals surface area contributed by atoms with Crippen molar-refractivity contribution in [2.24, 2.45) is 0 Å². The van der Waals surface area contributed by atoms with Crippen molar-refractivity contribution in [2.75, 3.05) is 19.6 Å². The van der Waals surface area contributed by atoms with Crippen LogP contribution in [0.2, 0.25) is 0 Å². The predicted molar refractivity (Wildman–Crippen MR) is 59.1 cm³/mol. The number of hydrogen-bond donors (Lipinski definition) is 0. The molecule has 1 heteroatoms. The van der Waals surface area contributed by atoms with Gasteiger partial charge >= 0.3 is 0 Å². The van der Waals surface area contributed by atoms with Crippen molar-refractivity contribution >= 4 is 0 Å². The summed E-state index contributed by atoms with van der Waals surface area (Å²) < 4.78 is 0. The molecule has 0 bridgehead atoms. The number of rotatable bonds is 5. The molecule has 0 aromatic heterocycles. The molecular weight excluding hydrogens is 158 g/mol. The second-order valence-corrected chi connectivity index (χ2v) is 4.32. The fourth-order valence-electron chi connectivity index (χ4n) is 2.12. The zero-order chi connectivity index (χ0) is 9.36. The third-order valence-corrected chi connectivity index (χ3v) is 3.03. The lowest BCUT2D eigenvalue weighted by molar-refractivity contribution is 0.278. The summed E-state index contributed by atoms with van der Waals surface area (Å²) in [6.07, 6.45) is 11.5. The molecule has 0 N–H and O–H groups in total. The van der Waals surface area contributed by atoms with Crippen LogP contribution in [0, 0.1) is 0 Å². The molecule has 0 radical (unpaired) electrons. The molecular formula is C12H25N. The van der Waals surface area contributed by atoms with Gasteiger partial charge in [-0.15, -0.1) is 0 Å². The molecule has 1 fully saturated rings. The van der Waals surface area contributed by atoms with Gasteiger partial charge in [0.15, 0.2) is 0 Å². The van der Waals surface area contributed by atoms with Crippen LogP contribution in [0.1, 0.15) is 58.3 Å². The molecule has 0 unspecified atom stereocenters. The van der Waals surface area contributed by atoms with E-state index in [1.165, 1.54) is 71.0 Å². The normalized spacial score (nSPS) is 20.1. The highest BCUT2D eigenvalue weighted by atomic mass is 15.1. The fraction of sp³-hybridized carbons (Fsp3) is 1.00. The lowest BCUT2D eigenvalue weighted by Crippen LogP contribution is -2.25. The Kier molecular flexibility index (Phi) is 6.26. The predicted octanol–water partition coefficient (Wildman–Crippen LogP) is 3.44. The fourth-order valence-corrected chi connectivity index (χ4v) is 2.12. The maximum absolute atomic E-state index is 2.67. The van der Waals surface area contributed by atoms with Crippen LogP contribution in [-0.2, 0) is 0 Å². The van der Waals surface area contributed by atoms with Gasteiger partial charge in [0.1, 0.15) is 0 Å². The first-order valence-corrected chi connectivity index (χ1v) is 6.16. The van der Waals surface area contributed by atoms with Gasteiger partial charge in [-0.1, -0.05) is 39.0 Å². The molecule has 1 heterocycles. The van der Waals surface area contributed by atoms with E-state index in [0.717, 1.165) is 0 Å². The second kappa shape index (κ2) is 7.37. The zero-order valence-electron chi connectivity index (χ0n) is 9.23. The topological polar surface area (TPSA) is 3.24 Å². The Hall–Kier alpha value is -0.0400. The van der Waals surface area contributed by atoms with Gasteiger partial charge < -0.3 is 4.90 Å². The van der Waals surface area contributed by atoms with E-state index in [1.807, 2.05) is 0 Å². The van der Waals surface area contributed by atoms with E-state index in [1.54, 1.807) is 0 Å². The molecule has 0 atom stereocenters. The minimum atomic E-state index is 1.36. The van der Waals surface area contributed by atoms with Crippen molar-refractivity contribution in [2.45, 2.75) is 58.3 Å².